The minimum Gasteiger partial charge on any atom is -0.268 e. The number of halogens is 1. The van der Waals surface area contributed by atoms with Crippen LogP contribution in [0.3, 0.4) is 0 Å². The molecular formula is C21H31ClN2O4+2. The molecule has 2 aromatic carbocycles. The maximum Gasteiger partial charge on any atom is 0.208 e. The van der Waals surface area contributed by atoms with E-state index in [0.29, 0.717) is 0 Å². The molecule has 0 unspecified atom stereocenters. The van der Waals surface area contributed by atoms with Crippen LogP contribution in [0.1, 0.15) is 11.1 Å². The zero-order chi connectivity index (χ0) is 20.1. The molecule has 0 aromatic heterocycles. The molecule has 2 bridgehead atoms. The number of hydrogen-bond donors (Lipinski definition) is 3. The Balaban J connectivity index is 0.000000403. The minimum absolute atomic E-state index is 1.24. The predicted octanol–water partition coefficient (Wildman–Crippen LogP) is 0.230. The SMILES string of the molecule is [O-][Cl+](O)(O)O.c1ccc(CC[N+]23CC[N+](CCc4ccccc4)(CC2)C3)cc1. The van der Waals surface area contributed by atoms with E-state index in [2.05, 4.69) is 60.7 Å². The molecule has 2 fully saturated rings. The summed E-state index contributed by atoms with van der Waals surface area (Å²) in [6, 6.07) is 22.0. The van der Waals surface area contributed by atoms with Gasteiger partial charge in [-0.15, -0.1) is 0 Å². The quantitative estimate of drug-likeness (QED) is 0.595. The number of nitrogens with zero attached hydrogens (tertiary/aromatic N) is 2. The van der Waals surface area contributed by atoms with Crippen molar-refractivity contribution >= 4 is 0 Å². The van der Waals surface area contributed by atoms with Crippen molar-refractivity contribution in [1.82, 2.24) is 0 Å². The second-order valence-electron chi connectivity index (χ2n) is 8.07. The van der Waals surface area contributed by atoms with Crippen molar-refractivity contribution < 1.29 is 37.8 Å². The van der Waals surface area contributed by atoms with Gasteiger partial charge >= 0.3 is 28.9 Å². The Labute approximate surface area is 168 Å². The molecule has 2 aliphatic heterocycles. The molecule has 2 heterocycles. The molecule has 0 saturated carbocycles. The average Bonchev–Trinajstić information content (AvgIpc) is 3.22. The molecule has 4 rings (SSSR count). The third-order valence-electron chi connectivity index (χ3n) is 6.13. The van der Waals surface area contributed by atoms with Gasteiger partial charge in [0.05, 0.1) is 13.1 Å². The molecule has 0 amide bonds. The van der Waals surface area contributed by atoms with Gasteiger partial charge in [-0.25, -0.2) is 0 Å². The molecule has 0 spiro atoms. The first-order valence-corrected chi connectivity index (χ1v) is 11.0. The number of benzene rings is 2. The summed E-state index contributed by atoms with van der Waals surface area (Å²) in [4.78, 5) is 0. The summed E-state index contributed by atoms with van der Waals surface area (Å²) in [7, 11) is -4.19. The van der Waals surface area contributed by atoms with Crippen LogP contribution in [-0.2, 0) is 12.8 Å². The van der Waals surface area contributed by atoms with Crippen LogP contribution in [0.25, 0.3) is 0 Å². The van der Waals surface area contributed by atoms with Crippen LogP contribution in [0, 0.1) is 10.2 Å². The molecule has 2 aromatic rings. The van der Waals surface area contributed by atoms with E-state index in [-0.39, 0.29) is 0 Å². The first-order chi connectivity index (χ1) is 13.3. The Morgan fingerprint density at radius 1 is 0.679 bits per heavy atom. The van der Waals surface area contributed by atoms with Crippen molar-refractivity contribution in [2.24, 2.45) is 0 Å². The second kappa shape index (κ2) is 8.88. The van der Waals surface area contributed by atoms with Crippen molar-refractivity contribution in [1.29, 1.82) is 0 Å². The van der Waals surface area contributed by atoms with Crippen molar-refractivity contribution in [2.45, 2.75) is 12.8 Å². The van der Waals surface area contributed by atoms with Crippen LogP contribution >= 0.6 is 0 Å². The molecule has 6 nitrogen and oxygen atoms in total. The summed E-state index contributed by atoms with van der Waals surface area (Å²) < 4.78 is 33.0. The van der Waals surface area contributed by atoms with Gasteiger partial charge < -0.3 is 0 Å². The van der Waals surface area contributed by atoms with E-state index in [9.17, 15) is 0 Å². The minimum atomic E-state index is -4.19. The van der Waals surface area contributed by atoms with Gasteiger partial charge in [0, 0.05) is 12.8 Å². The van der Waals surface area contributed by atoms with Gasteiger partial charge in [0.1, 0.15) is 26.2 Å². The largest absolute Gasteiger partial charge is 0.268 e. The Hall–Kier alpha value is -1.51. The van der Waals surface area contributed by atoms with Crippen molar-refractivity contribution in [3.63, 3.8) is 0 Å². The molecule has 0 aliphatic carbocycles. The second-order valence-corrected chi connectivity index (χ2v) is 8.94. The first-order valence-electron chi connectivity index (χ1n) is 9.72. The van der Waals surface area contributed by atoms with Crippen molar-refractivity contribution in [3.8, 4) is 0 Å². The van der Waals surface area contributed by atoms with Gasteiger partial charge in [0.2, 0.25) is 6.67 Å². The van der Waals surface area contributed by atoms with E-state index in [0.717, 1.165) is 0 Å². The zero-order valence-electron chi connectivity index (χ0n) is 16.2. The maximum atomic E-state index is 8.83. The van der Waals surface area contributed by atoms with Gasteiger partial charge in [-0.05, 0) is 11.1 Å². The number of fused-ring (bicyclic) bond motifs is 2. The summed E-state index contributed by atoms with van der Waals surface area (Å²) in [6.07, 6.45) is 2.47. The predicted molar refractivity (Wildman–Crippen MR) is 102 cm³/mol. The number of quaternary nitrogens is 2. The fourth-order valence-corrected chi connectivity index (χ4v) is 4.60. The monoisotopic (exact) mass is 410 g/mol. The van der Waals surface area contributed by atoms with Crippen LogP contribution in [0.4, 0.5) is 0 Å². The van der Waals surface area contributed by atoms with Gasteiger partial charge in [0.15, 0.2) is 0 Å². The summed E-state index contributed by atoms with van der Waals surface area (Å²) in [5.74, 6) is 0. The smallest absolute Gasteiger partial charge is 0.208 e. The van der Waals surface area contributed by atoms with E-state index in [1.807, 2.05) is 0 Å². The van der Waals surface area contributed by atoms with E-state index >= 15 is 0 Å². The van der Waals surface area contributed by atoms with Crippen LogP contribution in [0.15, 0.2) is 60.7 Å². The molecule has 2 aliphatic rings. The normalized spacial score (nSPS) is 26.6. The van der Waals surface area contributed by atoms with Crippen molar-refractivity contribution in [2.75, 3.05) is 45.9 Å². The first kappa shape index (κ1) is 21.2. The molecule has 154 valence electrons. The number of rotatable bonds is 6. The summed E-state index contributed by atoms with van der Waals surface area (Å²) in [6.45, 7) is 9.59. The van der Waals surface area contributed by atoms with Crippen LogP contribution in [-0.4, -0.2) is 68.9 Å². The Bertz CT molecular complexity index is 666. The van der Waals surface area contributed by atoms with E-state index < -0.39 is 10.2 Å². The van der Waals surface area contributed by atoms with Gasteiger partial charge in [0.25, 0.3) is 0 Å². The van der Waals surface area contributed by atoms with E-state index in [1.54, 1.807) is 0 Å². The average molecular weight is 411 g/mol. The molecule has 7 heteroatoms. The van der Waals surface area contributed by atoms with Gasteiger partial charge in [-0.3, -0.25) is 8.97 Å². The summed E-state index contributed by atoms with van der Waals surface area (Å²) >= 11 is 0. The molecule has 3 N–H and O–H groups in total. The van der Waals surface area contributed by atoms with Crippen molar-refractivity contribution in [3.05, 3.63) is 71.8 Å². The topological polar surface area (TPSA) is 83.8 Å². The van der Waals surface area contributed by atoms with Crippen LogP contribution < -0.4 is 4.66 Å². The van der Waals surface area contributed by atoms with Crippen LogP contribution in [0.2, 0.25) is 0 Å². The third-order valence-corrected chi connectivity index (χ3v) is 6.13. The molecule has 28 heavy (non-hydrogen) atoms. The molecule has 2 saturated heterocycles. The molecule has 0 atom stereocenters. The van der Waals surface area contributed by atoms with E-state index in [4.69, 9.17) is 18.6 Å². The summed E-state index contributed by atoms with van der Waals surface area (Å²) in [5, 5.41) is 0. The van der Waals surface area contributed by atoms with E-state index in [1.165, 1.54) is 78.9 Å². The fourth-order valence-electron chi connectivity index (χ4n) is 4.60. The summed E-state index contributed by atoms with van der Waals surface area (Å²) in [5.41, 5.74) is 3.00. The Kier molecular flexibility index (Phi) is 6.73. The van der Waals surface area contributed by atoms with Gasteiger partial charge in [-0.1, -0.05) is 60.7 Å². The fraction of sp³-hybridized carbons (Fsp3) is 0.429. The van der Waals surface area contributed by atoms with Gasteiger partial charge in [-0.2, -0.15) is 0 Å². The third kappa shape index (κ3) is 6.25. The Morgan fingerprint density at radius 2 is 1.00 bits per heavy atom. The molecule has 0 radical (unpaired) electrons. The maximum absolute atomic E-state index is 8.83. The zero-order valence-corrected chi connectivity index (χ0v) is 16.9. The number of piperazine rings is 1. The standard InChI is InChI=1S/C21H28N2.ClH3O4/c1-3-7-20(8-4-1)11-13-22-15-17-23(19-22,18-16-22)14-12-21-9-5-2-6-10-21;2-1(3,4)5/h1-10H,11-19H2;2-4H/q+2;. The molecular weight excluding hydrogens is 380 g/mol. The number of hydrogen-bond acceptors (Lipinski definition) is 4. The Morgan fingerprint density at radius 3 is 1.32 bits per heavy atom. The van der Waals surface area contributed by atoms with Crippen LogP contribution in [0.5, 0.6) is 0 Å².